The number of nitrogens with one attached hydrogen (secondary N) is 1. The van der Waals surface area contributed by atoms with Crippen LogP contribution < -0.4 is 5.32 Å². The number of imidazole rings is 1. The molecule has 106 valence electrons. The molecule has 0 aliphatic carbocycles. The van der Waals surface area contributed by atoms with Crippen molar-refractivity contribution in [2.45, 2.75) is 0 Å². The minimum Gasteiger partial charge on any atom is -0.324 e. The number of benzene rings is 1. The van der Waals surface area contributed by atoms with Gasteiger partial charge in [0.15, 0.2) is 0 Å². The largest absolute Gasteiger partial charge is 0.324 e. The predicted octanol–water partition coefficient (Wildman–Crippen LogP) is 2.95. The zero-order chi connectivity index (χ0) is 14.8. The molecule has 0 aliphatic rings. The van der Waals surface area contributed by atoms with Gasteiger partial charge in [-0.15, -0.1) is 0 Å². The van der Waals surface area contributed by atoms with Crippen LogP contribution in [-0.2, 0) is 0 Å². The number of hydrogen-bond donors (Lipinski definition) is 1. The van der Waals surface area contributed by atoms with Crippen LogP contribution in [0.15, 0.2) is 67.4 Å². The molecular weight excluding hydrogens is 276 g/mol. The van der Waals surface area contributed by atoms with Crippen molar-refractivity contribution in [2.75, 3.05) is 5.32 Å². The molecule has 3 heterocycles. The van der Waals surface area contributed by atoms with Crippen molar-refractivity contribution in [3.8, 4) is 5.82 Å². The summed E-state index contributed by atoms with van der Waals surface area (Å²) < 4.78 is 1.94. The van der Waals surface area contributed by atoms with E-state index in [9.17, 15) is 0 Å². The molecule has 0 amide bonds. The minimum absolute atomic E-state index is 0.529. The molecule has 0 radical (unpaired) electrons. The van der Waals surface area contributed by atoms with Crippen molar-refractivity contribution in [2.24, 2.45) is 0 Å². The third kappa shape index (κ3) is 2.26. The molecule has 0 saturated carbocycles. The molecule has 6 heteroatoms. The first-order valence-corrected chi connectivity index (χ1v) is 6.83. The summed E-state index contributed by atoms with van der Waals surface area (Å²) in [5.74, 6) is 1.29. The van der Waals surface area contributed by atoms with Crippen molar-refractivity contribution in [1.29, 1.82) is 0 Å². The molecule has 0 atom stereocenters. The SMILES string of the molecule is c1ccc2c(c1)ncn2-c1ccnc(Nc2ccncc2)n1. The quantitative estimate of drug-likeness (QED) is 0.627. The van der Waals surface area contributed by atoms with Crippen LogP contribution in [-0.4, -0.2) is 24.5 Å². The summed E-state index contributed by atoms with van der Waals surface area (Å²) in [6, 6.07) is 13.5. The van der Waals surface area contributed by atoms with Crippen molar-refractivity contribution in [3.05, 3.63) is 67.4 Å². The van der Waals surface area contributed by atoms with E-state index in [1.807, 2.05) is 47.0 Å². The Morgan fingerprint density at radius 3 is 2.64 bits per heavy atom. The molecule has 0 unspecified atom stereocenters. The van der Waals surface area contributed by atoms with Crippen LogP contribution in [0.25, 0.3) is 16.9 Å². The molecule has 1 aromatic carbocycles. The highest BCUT2D eigenvalue weighted by Crippen LogP contribution is 2.18. The number of nitrogens with zero attached hydrogens (tertiary/aromatic N) is 5. The van der Waals surface area contributed by atoms with Gasteiger partial charge in [-0.1, -0.05) is 12.1 Å². The molecule has 6 nitrogen and oxygen atoms in total. The number of pyridine rings is 1. The molecule has 0 aliphatic heterocycles. The van der Waals surface area contributed by atoms with E-state index in [1.165, 1.54) is 0 Å². The Hall–Kier alpha value is -3.28. The van der Waals surface area contributed by atoms with Crippen molar-refractivity contribution in [3.63, 3.8) is 0 Å². The van der Waals surface area contributed by atoms with E-state index >= 15 is 0 Å². The van der Waals surface area contributed by atoms with E-state index in [-0.39, 0.29) is 0 Å². The lowest BCUT2D eigenvalue weighted by atomic mass is 10.3. The maximum Gasteiger partial charge on any atom is 0.229 e. The first kappa shape index (κ1) is 12.5. The Morgan fingerprint density at radius 2 is 1.73 bits per heavy atom. The van der Waals surface area contributed by atoms with Gasteiger partial charge in [-0.3, -0.25) is 9.55 Å². The molecule has 4 rings (SSSR count). The van der Waals surface area contributed by atoms with Gasteiger partial charge in [0.1, 0.15) is 12.1 Å². The number of para-hydroxylation sites is 2. The zero-order valence-corrected chi connectivity index (χ0v) is 11.6. The monoisotopic (exact) mass is 288 g/mol. The van der Waals surface area contributed by atoms with Crippen molar-refractivity contribution in [1.82, 2.24) is 24.5 Å². The van der Waals surface area contributed by atoms with Gasteiger partial charge < -0.3 is 5.32 Å². The Labute approximate surface area is 126 Å². The van der Waals surface area contributed by atoms with Gasteiger partial charge in [0.2, 0.25) is 5.95 Å². The van der Waals surface area contributed by atoms with E-state index < -0.39 is 0 Å². The van der Waals surface area contributed by atoms with Gasteiger partial charge in [0.25, 0.3) is 0 Å². The molecule has 0 spiro atoms. The average Bonchev–Trinajstić information content (AvgIpc) is 3.00. The van der Waals surface area contributed by atoms with Gasteiger partial charge in [-0.05, 0) is 30.3 Å². The fourth-order valence-corrected chi connectivity index (χ4v) is 2.25. The number of fused-ring (bicyclic) bond motifs is 1. The van der Waals surface area contributed by atoms with Gasteiger partial charge in [-0.2, -0.15) is 4.98 Å². The maximum atomic E-state index is 4.54. The number of anilines is 2. The van der Waals surface area contributed by atoms with Crippen molar-refractivity contribution < 1.29 is 0 Å². The fourth-order valence-electron chi connectivity index (χ4n) is 2.25. The minimum atomic E-state index is 0.529. The van der Waals surface area contributed by atoms with Crippen LogP contribution in [0.5, 0.6) is 0 Å². The second kappa shape index (κ2) is 5.25. The smallest absolute Gasteiger partial charge is 0.229 e. The van der Waals surface area contributed by atoms with E-state index in [4.69, 9.17) is 0 Å². The summed E-state index contributed by atoms with van der Waals surface area (Å²) in [6.45, 7) is 0. The lowest BCUT2D eigenvalue weighted by Crippen LogP contribution is -2.02. The summed E-state index contributed by atoms with van der Waals surface area (Å²) in [4.78, 5) is 17.2. The third-order valence-electron chi connectivity index (χ3n) is 3.28. The maximum absolute atomic E-state index is 4.54. The van der Waals surface area contributed by atoms with E-state index in [2.05, 4.69) is 25.3 Å². The molecule has 0 saturated heterocycles. The standard InChI is InChI=1S/C16H12N6/c1-2-4-14-13(3-1)19-11-22(14)15-7-10-18-16(21-15)20-12-5-8-17-9-6-12/h1-11H,(H,17,18,20,21). The fraction of sp³-hybridized carbons (Fsp3) is 0. The summed E-state index contributed by atoms with van der Waals surface area (Å²) in [7, 11) is 0. The normalized spacial score (nSPS) is 10.7. The van der Waals surface area contributed by atoms with Crippen molar-refractivity contribution >= 4 is 22.7 Å². The summed E-state index contributed by atoms with van der Waals surface area (Å²) in [6.07, 6.45) is 6.93. The van der Waals surface area contributed by atoms with E-state index in [1.54, 1.807) is 24.9 Å². The highest BCUT2D eigenvalue weighted by atomic mass is 15.2. The second-order valence-corrected chi connectivity index (χ2v) is 4.70. The molecule has 1 N–H and O–H groups in total. The summed E-state index contributed by atoms with van der Waals surface area (Å²) >= 11 is 0. The summed E-state index contributed by atoms with van der Waals surface area (Å²) in [5, 5.41) is 3.16. The second-order valence-electron chi connectivity index (χ2n) is 4.70. The third-order valence-corrected chi connectivity index (χ3v) is 3.28. The first-order valence-electron chi connectivity index (χ1n) is 6.83. The molecule has 0 bridgehead atoms. The molecule has 0 fully saturated rings. The van der Waals surface area contributed by atoms with Crippen LogP contribution in [0.3, 0.4) is 0 Å². The van der Waals surface area contributed by atoms with Crippen LogP contribution in [0.4, 0.5) is 11.6 Å². The average molecular weight is 288 g/mol. The van der Waals surface area contributed by atoms with E-state index in [0.29, 0.717) is 5.95 Å². The summed E-state index contributed by atoms with van der Waals surface area (Å²) in [5.41, 5.74) is 2.84. The molecule has 3 aromatic heterocycles. The Kier molecular flexibility index (Phi) is 2.97. The van der Waals surface area contributed by atoms with Crippen LogP contribution in [0.2, 0.25) is 0 Å². The number of aromatic nitrogens is 5. The van der Waals surface area contributed by atoms with Crippen LogP contribution >= 0.6 is 0 Å². The molecule has 4 aromatic rings. The topological polar surface area (TPSA) is 68.5 Å². The number of hydrogen-bond acceptors (Lipinski definition) is 5. The highest BCUT2D eigenvalue weighted by Gasteiger charge is 2.06. The lowest BCUT2D eigenvalue weighted by molar-refractivity contribution is 0.999. The lowest BCUT2D eigenvalue weighted by Gasteiger charge is -2.07. The Morgan fingerprint density at radius 1 is 0.864 bits per heavy atom. The van der Waals surface area contributed by atoms with Gasteiger partial charge in [0, 0.05) is 24.3 Å². The van der Waals surface area contributed by atoms with Gasteiger partial charge >= 0.3 is 0 Å². The van der Waals surface area contributed by atoms with Gasteiger partial charge in [-0.25, -0.2) is 9.97 Å². The van der Waals surface area contributed by atoms with Crippen LogP contribution in [0, 0.1) is 0 Å². The highest BCUT2D eigenvalue weighted by molar-refractivity contribution is 5.76. The predicted molar refractivity (Wildman–Crippen MR) is 84.2 cm³/mol. The Balaban J connectivity index is 1.73. The molecule has 22 heavy (non-hydrogen) atoms. The molecular formula is C16H12N6. The Bertz CT molecular complexity index is 916. The first-order chi connectivity index (χ1) is 10.9. The van der Waals surface area contributed by atoms with Crippen LogP contribution in [0.1, 0.15) is 0 Å². The number of rotatable bonds is 3. The zero-order valence-electron chi connectivity index (χ0n) is 11.6. The van der Waals surface area contributed by atoms with E-state index in [0.717, 1.165) is 22.5 Å². The van der Waals surface area contributed by atoms with Gasteiger partial charge in [0.05, 0.1) is 11.0 Å².